The molecule has 10 nitrogen and oxygen atoms in total. The Morgan fingerprint density at radius 3 is 2.48 bits per heavy atom. The van der Waals surface area contributed by atoms with Crippen LogP contribution in [0.2, 0.25) is 0 Å². The summed E-state index contributed by atoms with van der Waals surface area (Å²) in [6.45, 7) is 13.1. The van der Waals surface area contributed by atoms with Crippen LogP contribution in [-0.4, -0.2) is 76.1 Å². The molecule has 11 heteroatoms. The fourth-order valence-electron chi connectivity index (χ4n) is 6.06. The molecule has 1 aliphatic carbocycles. The zero-order valence-corrected chi connectivity index (χ0v) is 29.1. The molecule has 2 amide bonds. The number of amides is 2. The quantitative estimate of drug-likeness (QED) is 0.147. The molecular formula is C37H44N4O6S. The van der Waals surface area contributed by atoms with Gasteiger partial charge in [-0.05, 0) is 45.2 Å². The van der Waals surface area contributed by atoms with Crippen LogP contribution in [-0.2, 0) is 14.3 Å². The van der Waals surface area contributed by atoms with E-state index < -0.39 is 35.4 Å². The van der Waals surface area contributed by atoms with Crippen molar-refractivity contribution in [2.75, 3.05) is 13.7 Å². The molecule has 3 aromatic rings. The summed E-state index contributed by atoms with van der Waals surface area (Å²) < 4.78 is 17.7. The number of methoxy groups -OCH3 is 1. The molecule has 0 bridgehead atoms. The zero-order chi connectivity index (χ0) is 34.8. The van der Waals surface area contributed by atoms with Crippen molar-refractivity contribution in [2.24, 2.45) is 11.8 Å². The molecule has 2 N–H and O–H groups in total. The van der Waals surface area contributed by atoms with Gasteiger partial charge in [-0.25, -0.2) is 9.78 Å². The van der Waals surface area contributed by atoms with E-state index in [0.29, 0.717) is 34.8 Å². The van der Waals surface area contributed by atoms with Gasteiger partial charge >= 0.3 is 6.09 Å². The minimum Gasteiger partial charge on any atom is -0.497 e. The summed E-state index contributed by atoms with van der Waals surface area (Å²) in [5, 5.41) is 6.81. The van der Waals surface area contributed by atoms with Gasteiger partial charge in [0.05, 0.1) is 35.9 Å². The van der Waals surface area contributed by atoms with Gasteiger partial charge in [0.15, 0.2) is 0 Å². The van der Waals surface area contributed by atoms with Gasteiger partial charge in [-0.3, -0.25) is 4.79 Å². The molecule has 254 valence electrons. The third kappa shape index (κ3) is 7.62. The molecule has 2 fully saturated rings. The van der Waals surface area contributed by atoms with Gasteiger partial charge in [0.2, 0.25) is 5.91 Å². The summed E-state index contributed by atoms with van der Waals surface area (Å²) >= 11 is 5.89. The number of hydrogen-bond acceptors (Lipinski definition) is 8. The fraction of sp³-hybridized carbons (Fsp3) is 0.432. The minimum absolute atomic E-state index is 0.0561. The summed E-state index contributed by atoms with van der Waals surface area (Å²) in [6.07, 6.45) is 2.39. The number of fused-ring (bicyclic) bond motifs is 1. The number of aldehydes is 1. The molecule has 0 spiro atoms. The second kappa shape index (κ2) is 13.9. The van der Waals surface area contributed by atoms with Crippen LogP contribution in [0.5, 0.6) is 11.5 Å². The maximum Gasteiger partial charge on any atom is 0.408 e. The number of hydrogen-bond donors (Lipinski definition) is 2. The first-order valence-electron chi connectivity index (χ1n) is 16.2. The lowest BCUT2D eigenvalue weighted by Crippen LogP contribution is -2.56. The first kappa shape index (κ1) is 34.8. The van der Waals surface area contributed by atoms with Crippen LogP contribution < -0.4 is 20.1 Å². The van der Waals surface area contributed by atoms with E-state index in [-0.39, 0.29) is 24.3 Å². The average molecular weight is 673 g/mol. The van der Waals surface area contributed by atoms with Gasteiger partial charge in [0, 0.05) is 35.4 Å². The number of nitrogens with one attached hydrogen (secondary N) is 2. The molecular weight excluding hydrogens is 628 g/mol. The fourth-order valence-corrected chi connectivity index (χ4v) is 6.47. The molecule has 1 aromatic heterocycles. The number of pyridine rings is 1. The number of aromatic nitrogens is 1. The number of benzene rings is 2. The predicted molar refractivity (Wildman–Crippen MR) is 189 cm³/mol. The monoisotopic (exact) mass is 672 g/mol. The summed E-state index contributed by atoms with van der Waals surface area (Å²) in [5.74, 6) is 0.638. The van der Waals surface area contributed by atoms with E-state index in [1.165, 1.54) is 0 Å². The highest BCUT2D eigenvalue weighted by Crippen LogP contribution is 2.43. The van der Waals surface area contributed by atoms with Gasteiger partial charge < -0.3 is 34.5 Å². The lowest BCUT2D eigenvalue weighted by atomic mass is 10.0. The van der Waals surface area contributed by atoms with E-state index in [9.17, 15) is 14.4 Å². The Labute approximate surface area is 287 Å². The first-order chi connectivity index (χ1) is 22.8. The number of alkyl carbamates (subject to hydrolysis) is 1. The van der Waals surface area contributed by atoms with E-state index in [4.69, 9.17) is 31.4 Å². The van der Waals surface area contributed by atoms with Gasteiger partial charge in [0.1, 0.15) is 41.1 Å². The summed E-state index contributed by atoms with van der Waals surface area (Å²) in [7, 11) is 1.61. The lowest BCUT2D eigenvalue weighted by molar-refractivity contribution is -0.134. The molecule has 2 heterocycles. The molecule has 1 aliphatic heterocycles. The number of carbonyl (C=O) groups is 3. The van der Waals surface area contributed by atoms with Gasteiger partial charge in [-0.15, -0.1) is 6.58 Å². The second-order valence-electron chi connectivity index (χ2n) is 13.8. The largest absolute Gasteiger partial charge is 0.497 e. The first-order valence-corrected chi connectivity index (χ1v) is 16.6. The van der Waals surface area contributed by atoms with Crippen molar-refractivity contribution in [2.45, 2.75) is 76.8 Å². The number of rotatable bonds is 11. The van der Waals surface area contributed by atoms with Crippen LogP contribution >= 0.6 is 12.2 Å². The second-order valence-corrected chi connectivity index (χ2v) is 14.2. The van der Waals surface area contributed by atoms with Crippen molar-refractivity contribution >= 4 is 46.4 Å². The molecule has 2 aromatic carbocycles. The Morgan fingerprint density at radius 2 is 1.88 bits per heavy atom. The highest BCUT2D eigenvalue weighted by Gasteiger charge is 2.54. The smallest absolute Gasteiger partial charge is 0.408 e. The Morgan fingerprint density at radius 1 is 1.15 bits per heavy atom. The third-order valence-corrected chi connectivity index (χ3v) is 9.08. The van der Waals surface area contributed by atoms with E-state index in [2.05, 4.69) is 17.2 Å². The number of likely N-dealkylation sites (tertiary alicyclic amines) is 1. The molecule has 1 saturated heterocycles. The van der Waals surface area contributed by atoms with Crippen LogP contribution in [0.3, 0.4) is 0 Å². The predicted octanol–water partition coefficient (Wildman–Crippen LogP) is 5.87. The van der Waals surface area contributed by atoms with Gasteiger partial charge in [-0.1, -0.05) is 62.5 Å². The number of carbonyl (C=O) groups excluding carboxylic acids is 3. The summed E-state index contributed by atoms with van der Waals surface area (Å²) in [4.78, 5) is 46.1. The Hall–Kier alpha value is -4.51. The number of nitrogens with zero attached hydrogens (tertiary/aromatic N) is 2. The number of ether oxygens (including phenoxy) is 3. The van der Waals surface area contributed by atoms with Crippen LogP contribution in [0.15, 0.2) is 67.3 Å². The molecule has 2 unspecified atom stereocenters. The van der Waals surface area contributed by atoms with Crippen LogP contribution in [0, 0.1) is 11.8 Å². The Kier molecular flexibility index (Phi) is 10.1. The van der Waals surface area contributed by atoms with Crippen molar-refractivity contribution in [3.05, 3.63) is 67.3 Å². The SMILES string of the molecule is C=CC1C[C@@]1(C=O)NC(=S)[C@@H]1C[C@@H](Oc2cc(-c3ccccc3)nc3cc(OC)ccc23)CN1C(=O)C(NC(=O)OC(C)(C)C)C(C)C. The van der Waals surface area contributed by atoms with E-state index in [0.717, 1.165) is 22.9 Å². The van der Waals surface area contributed by atoms with Crippen molar-refractivity contribution in [1.29, 1.82) is 0 Å². The molecule has 5 rings (SSSR count). The van der Waals surface area contributed by atoms with E-state index in [1.807, 2.05) is 68.4 Å². The maximum absolute atomic E-state index is 14.3. The zero-order valence-electron chi connectivity index (χ0n) is 28.3. The Bertz CT molecular complexity index is 1710. The maximum atomic E-state index is 14.3. The lowest BCUT2D eigenvalue weighted by Gasteiger charge is -2.32. The van der Waals surface area contributed by atoms with E-state index in [1.54, 1.807) is 38.9 Å². The molecule has 48 heavy (non-hydrogen) atoms. The third-order valence-electron chi connectivity index (χ3n) is 8.71. The van der Waals surface area contributed by atoms with Gasteiger partial charge in [-0.2, -0.15) is 0 Å². The number of thiocarbonyl (C=S) groups is 1. The normalized spacial score (nSPS) is 22.5. The molecule has 0 radical (unpaired) electrons. The summed E-state index contributed by atoms with van der Waals surface area (Å²) in [6, 6.07) is 15.9. The molecule has 5 atom stereocenters. The van der Waals surface area contributed by atoms with Crippen molar-refractivity contribution < 1.29 is 28.6 Å². The van der Waals surface area contributed by atoms with Crippen molar-refractivity contribution in [3.63, 3.8) is 0 Å². The van der Waals surface area contributed by atoms with Crippen LogP contribution in [0.1, 0.15) is 47.5 Å². The van der Waals surface area contributed by atoms with Crippen LogP contribution in [0.4, 0.5) is 4.79 Å². The van der Waals surface area contributed by atoms with Gasteiger partial charge in [0.25, 0.3) is 0 Å². The average Bonchev–Trinajstić information content (AvgIpc) is 3.59. The Balaban J connectivity index is 1.48. The van der Waals surface area contributed by atoms with Crippen molar-refractivity contribution in [1.82, 2.24) is 20.5 Å². The standard InChI is InChI=1S/C37H44N4O6S/c1-8-24-19-37(24,21-42)40-33(48)30-17-26(20-41(30)34(43)32(22(2)3)39-35(44)47-36(4,5)6)46-31-18-28(23-12-10-9-11-13-23)38-29-16-25(45-7)14-15-27(29)31/h8-16,18,21-22,24,26,30,32H,1,17,19-20H2,2-7H3,(H,39,44)(H,40,48)/t24?,26-,30+,32?,37+/m1/s1. The molecule has 2 aliphatic rings. The summed E-state index contributed by atoms with van der Waals surface area (Å²) in [5.41, 5.74) is 0.768. The topological polar surface area (TPSA) is 119 Å². The highest BCUT2D eigenvalue weighted by molar-refractivity contribution is 7.80. The highest BCUT2D eigenvalue weighted by atomic mass is 32.1. The molecule has 1 saturated carbocycles. The van der Waals surface area contributed by atoms with E-state index >= 15 is 0 Å². The van der Waals surface area contributed by atoms with Crippen molar-refractivity contribution in [3.8, 4) is 22.8 Å². The minimum atomic E-state index is -0.885. The van der Waals surface area contributed by atoms with Crippen LogP contribution in [0.25, 0.3) is 22.2 Å².